The van der Waals surface area contributed by atoms with E-state index in [-0.39, 0.29) is 10.8 Å². The van der Waals surface area contributed by atoms with Gasteiger partial charge in [0.2, 0.25) is 0 Å². The van der Waals surface area contributed by atoms with E-state index < -0.39 is 9.05 Å². The highest BCUT2D eigenvalue weighted by Crippen LogP contribution is 2.22. The van der Waals surface area contributed by atoms with E-state index in [1.54, 1.807) is 19.1 Å². The number of carbonyl (C=O) groups excluding carboxylic acids is 1. The third kappa shape index (κ3) is 3.78. The van der Waals surface area contributed by atoms with Gasteiger partial charge in [-0.3, -0.25) is 4.79 Å². The second-order valence-electron chi connectivity index (χ2n) is 5.30. The van der Waals surface area contributed by atoms with Crippen LogP contribution in [0.5, 0.6) is 0 Å². The number of piperidine rings is 1. The summed E-state index contributed by atoms with van der Waals surface area (Å²) in [6.07, 6.45) is 3.14. The van der Waals surface area contributed by atoms with Crippen molar-refractivity contribution in [2.24, 2.45) is 13.0 Å². The largest absolute Gasteiger partial charge is 0.384 e. The molecule has 1 aliphatic heterocycles. The number of hydrogen-bond acceptors (Lipinski definition) is 4. The minimum Gasteiger partial charge on any atom is -0.384 e. The van der Waals surface area contributed by atoms with E-state index in [0.29, 0.717) is 31.3 Å². The van der Waals surface area contributed by atoms with E-state index in [2.05, 4.69) is 0 Å². The van der Waals surface area contributed by atoms with Crippen LogP contribution >= 0.6 is 10.7 Å². The van der Waals surface area contributed by atoms with Crippen molar-refractivity contribution in [2.75, 3.05) is 26.8 Å². The van der Waals surface area contributed by atoms with E-state index in [1.807, 2.05) is 0 Å². The molecule has 1 amide bonds. The molecule has 0 unspecified atom stereocenters. The number of likely N-dealkylation sites (tertiary alicyclic amines) is 1. The van der Waals surface area contributed by atoms with Crippen LogP contribution in [0, 0.1) is 5.92 Å². The van der Waals surface area contributed by atoms with Crippen LogP contribution in [-0.4, -0.2) is 50.6 Å². The molecule has 0 aliphatic carbocycles. The molecular formula is C13H19ClN2O4S. The second-order valence-corrected chi connectivity index (χ2v) is 7.87. The van der Waals surface area contributed by atoms with Crippen molar-refractivity contribution in [3.05, 3.63) is 18.0 Å². The maximum atomic E-state index is 12.5. The Bertz CT molecular complexity index is 618. The van der Waals surface area contributed by atoms with E-state index in [1.165, 1.54) is 16.8 Å². The molecule has 1 aromatic rings. The van der Waals surface area contributed by atoms with E-state index in [4.69, 9.17) is 15.4 Å². The lowest BCUT2D eigenvalue weighted by atomic mass is 9.97. The van der Waals surface area contributed by atoms with E-state index >= 15 is 0 Å². The van der Waals surface area contributed by atoms with Crippen LogP contribution in [0.3, 0.4) is 0 Å². The summed E-state index contributed by atoms with van der Waals surface area (Å²) in [4.78, 5) is 14.2. The van der Waals surface area contributed by atoms with Gasteiger partial charge in [-0.2, -0.15) is 0 Å². The molecule has 1 fully saturated rings. The summed E-state index contributed by atoms with van der Waals surface area (Å²) >= 11 is 0. The molecule has 0 bridgehead atoms. The Balaban J connectivity index is 2.10. The first-order chi connectivity index (χ1) is 9.82. The van der Waals surface area contributed by atoms with Crippen molar-refractivity contribution in [2.45, 2.75) is 17.7 Å². The molecule has 0 saturated carbocycles. The summed E-state index contributed by atoms with van der Waals surface area (Å²) in [5.41, 5.74) is 0.333. The van der Waals surface area contributed by atoms with Crippen molar-refractivity contribution in [1.29, 1.82) is 0 Å². The van der Waals surface area contributed by atoms with Gasteiger partial charge in [0, 0.05) is 50.7 Å². The Labute approximate surface area is 129 Å². The molecule has 118 valence electrons. The topological polar surface area (TPSA) is 68.6 Å². The summed E-state index contributed by atoms with van der Waals surface area (Å²) < 4.78 is 29.3. The molecular weight excluding hydrogens is 316 g/mol. The molecule has 1 aromatic heterocycles. The summed E-state index contributed by atoms with van der Waals surface area (Å²) in [5.74, 6) is 0.311. The van der Waals surface area contributed by atoms with E-state index in [0.717, 1.165) is 12.8 Å². The number of ether oxygens (including phenoxy) is 1. The third-order valence-corrected chi connectivity index (χ3v) is 5.11. The predicted octanol–water partition coefficient (Wildman–Crippen LogP) is 1.45. The molecule has 0 spiro atoms. The van der Waals surface area contributed by atoms with Gasteiger partial charge in [-0.1, -0.05) is 0 Å². The monoisotopic (exact) mass is 334 g/mol. The van der Waals surface area contributed by atoms with Crippen LogP contribution in [-0.2, 0) is 20.8 Å². The quantitative estimate of drug-likeness (QED) is 0.782. The Kier molecular flexibility index (Phi) is 4.95. The fraction of sp³-hybridized carbons (Fsp3) is 0.615. The van der Waals surface area contributed by atoms with E-state index in [9.17, 15) is 13.2 Å². The molecule has 21 heavy (non-hydrogen) atoms. The third-order valence-electron chi connectivity index (χ3n) is 3.78. The number of hydrogen-bond donors (Lipinski definition) is 0. The predicted molar refractivity (Wildman–Crippen MR) is 79.0 cm³/mol. The Morgan fingerprint density at radius 1 is 1.43 bits per heavy atom. The maximum absolute atomic E-state index is 12.5. The van der Waals surface area contributed by atoms with Crippen LogP contribution in [0.4, 0.5) is 0 Å². The first kappa shape index (κ1) is 16.3. The van der Waals surface area contributed by atoms with Crippen LogP contribution < -0.4 is 0 Å². The fourth-order valence-electron chi connectivity index (χ4n) is 2.58. The zero-order chi connectivity index (χ0) is 15.6. The van der Waals surface area contributed by atoms with Gasteiger partial charge in [-0.15, -0.1) is 0 Å². The lowest BCUT2D eigenvalue weighted by Crippen LogP contribution is -2.40. The molecule has 0 atom stereocenters. The number of carbonyl (C=O) groups is 1. The molecule has 2 rings (SSSR count). The Morgan fingerprint density at radius 2 is 2.05 bits per heavy atom. The van der Waals surface area contributed by atoms with Gasteiger partial charge in [0.25, 0.3) is 15.0 Å². The number of aromatic nitrogens is 1. The number of rotatable bonds is 4. The Morgan fingerprint density at radius 3 is 2.52 bits per heavy atom. The van der Waals surface area contributed by atoms with Gasteiger partial charge in [0.1, 0.15) is 10.6 Å². The lowest BCUT2D eigenvalue weighted by molar-refractivity contribution is 0.0605. The van der Waals surface area contributed by atoms with Gasteiger partial charge in [-0.25, -0.2) is 8.42 Å². The van der Waals surface area contributed by atoms with Crippen molar-refractivity contribution in [1.82, 2.24) is 9.47 Å². The van der Waals surface area contributed by atoms with Gasteiger partial charge in [0.05, 0.1) is 0 Å². The minimum absolute atomic E-state index is 0.0516. The molecule has 0 N–H and O–H groups in total. The van der Waals surface area contributed by atoms with Crippen LogP contribution in [0.15, 0.2) is 17.2 Å². The van der Waals surface area contributed by atoms with Gasteiger partial charge >= 0.3 is 0 Å². The smallest absolute Gasteiger partial charge is 0.270 e. The van der Waals surface area contributed by atoms with Gasteiger partial charge in [-0.05, 0) is 24.8 Å². The van der Waals surface area contributed by atoms with Crippen molar-refractivity contribution in [3.8, 4) is 0 Å². The highest BCUT2D eigenvalue weighted by atomic mass is 35.7. The zero-order valence-corrected chi connectivity index (χ0v) is 13.7. The fourth-order valence-corrected chi connectivity index (χ4v) is 3.37. The summed E-state index contributed by atoms with van der Waals surface area (Å²) in [6, 6.07) is 1.33. The van der Waals surface area contributed by atoms with Crippen LogP contribution in [0.25, 0.3) is 0 Å². The zero-order valence-electron chi connectivity index (χ0n) is 12.1. The standard InChI is InChI=1S/C13H19ClN2O4S/c1-15-8-11(21(14,18)19)7-12(15)13(17)16-5-3-10(4-6-16)9-20-2/h7-8,10H,3-6,9H2,1-2H3. The summed E-state index contributed by atoms with van der Waals surface area (Å²) in [6.45, 7) is 2.02. The molecule has 6 nitrogen and oxygen atoms in total. The van der Waals surface area contributed by atoms with Crippen molar-refractivity contribution < 1.29 is 17.9 Å². The maximum Gasteiger partial charge on any atom is 0.270 e. The molecule has 8 heteroatoms. The molecule has 0 aromatic carbocycles. The highest BCUT2D eigenvalue weighted by molar-refractivity contribution is 8.13. The molecule has 1 saturated heterocycles. The van der Waals surface area contributed by atoms with Gasteiger partial charge < -0.3 is 14.2 Å². The summed E-state index contributed by atoms with van der Waals surface area (Å²) in [5, 5.41) is 0. The first-order valence-corrected chi connectivity index (χ1v) is 9.03. The second kappa shape index (κ2) is 6.37. The molecule has 0 radical (unpaired) electrons. The van der Waals surface area contributed by atoms with Crippen molar-refractivity contribution in [3.63, 3.8) is 0 Å². The average Bonchev–Trinajstić information content (AvgIpc) is 2.81. The summed E-state index contributed by atoms with van der Waals surface area (Å²) in [7, 11) is 4.80. The lowest BCUT2D eigenvalue weighted by Gasteiger charge is -2.31. The Hall–Kier alpha value is -1.05. The normalized spacial score (nSPS) is 17.2. The molecule has 1 aliphatic rings. The first-order valence-electron chi connectivity index (χ1n) is 6.72. The number of nitrogens with zero attached hydrogens (tertiary/aromatic N) is 2. The number of amides is 1. The van der Waals surface area contributed by atoms with Crippen molar-refractivity contribution >= 4 is 25.6 Å². The minimum atomic E-state index is -3.82. The molecule has 2 heterocycles. The van der Waals surface area contributed by atoms with Crippen LogP contribution in [0.2, 0.25) is 0 Å². The number of halogens is 1. The SMILES string of the molecule is COCC1CCN(C(=O)c2cc(S(=O)(=O)Cl)cn2C)CC1. The number of aryl methyl sites for hydroxylation is 1. The number of methoxy groups -OCH3 is 1. The van der Waals surface area contributed by atoms with Gasteiger partial charge in [0.15, 0.2) is 0 Å². The average molecular weight is 335 g/mol. The highest BCUT2D eigenvalue weighted by Gasteiger charge is 2.26. The van der Waals surface area contributed by atoms with Crippen LogP contribution in [0.1, 0.15) is 23.3 Å².